The van der Waals surface area contributed by atoms with Crippen LogP contribution in [0.15, 0.2) is 18.2 Å². The van der Waals surface area contributed by atoms with E-state index in [0.717, 1.165) is 50.5 Å². The number of nitrogens with zero attached hydrogens (tertiary/aromatic N) is 1. The lowest BCUT2D eigenvalue weighted by atomic mass is 10.2. The third kappa shape index (κ3) is 3.35. The first-order chi connectivity index (χ1) is 8.81. The molecule has 2 rings (SSSR count). The van der Waals surface area contributed by atoms with Gasteiger partial charge in [0.1, 0.15) is 11.6 Å². The molecule has 1 aromatic rings. The molecule has 1 N–H and O–H groups in total. The van der Waals surface area contributed by atoms with Gasteiger partial charge in [-0.2, -0.15) is 0 Å². The van der Waals surface area contributed by atoms with Gasteiger partial charge in [-0.15, -0.1) is 0 Å². The van der Waals surface area contributed by atoms with Gasteiger partial charge < -0.3 is 15.0 Å². The van der Waals surface area contributed by atoms with Gasteiger partial charge in [0.05, 0.1) is 12.3 Å². The Morgan fingerprint density at radius 2 is 2.22 bits per heavy atom. The lowest BCUT2D eigenvalue weighted by Gasteiger charge is -2.25. The standard InChI is InChI=1S/C14H21FN2O/c1-2-10-18-14-5-4-12(15)11-13(14)17-8-3-6-16-7-9-17/h4-5,11,16H,2-3,6-10H2,1H3. The van der Waals surface area contributed by atoms with Crippen molar-refractivity contribution in [1.82, 2.24) is 5.32 Å². The monoisotopic (exact) mass is 252 g/mol. The maximum atomic E-state index is 13.4. The molecule has 1 aromatic carbocycles. The van der Waals surface area contributed by atoms with Crippen molar-refractivity contribution in [2.45, 2.75) is 19.8 Å². The summed E-state index contributed by atoms with van der Waals surface area (Å²) in [7, 11) is 0. The minimum Gasteiger partial charge on any atom is -0.491 e. The van der Waals surface area contributed by atoms with Crippen LogP contribution in [-0.2, 0) is 0 Å². The van der Waals surface area contributed by atoms with E-state index in [1.807, 2.05) is 0 Å². The molecule has 0 spiro atoms. The van der Waals surface area contributed by atoms with Gasteiger partial charge in [0.15, 0.2) is 0 Å². The topological polar surface area (TPSA) is 24.5 Å². The lowest BCUT2D eigenvalue weighted by molar-refractivity contribution is 0.317. The van der Waals surface area contributed by atoms with Crippen LogP contribution in [0.25, 0.3) is 0 Å². The van der Waals surface area contributed by atoms with Crippen LogP contribution in [0.5, 0.6) is 5.75 Å². The molecule has 3 nitrogen and oxygen atoms in total. The minimum atomic E-state index is -0.203. The van der Waals surface area contributed by atoms with Gasteiger partial charge in [0, 0.05) is 25.7 Å². The molecular weight excluding hydrogens is 231 g/mol. The zero-order chi connectivity index (χ0) is 12.8. The molecule has 0 saturated carbocycles. The Bertz CT molecular complexity index is 376. The molecule has 4 heteroatoms. The highest BCUT2D eigenvalue weighted by atomic mass is 19.1. The summed E-state index contributed by atoms with van der Waals surface area (Å²) >= 11 is 0. The summed E-state index contributed by atoms with van der Waals surface area (Å²) in [5.41, 5.74) is 0.882. The zero-order valence-corrected chi connectivity index (χ0v) is 10.9. The second-order valence-corrected chi connectivity index (χ2v) is 4.55. The van der Waals surface area contributed by atoms with E-state index in [9.17, 15) is 4.39 Å². The zero-order valence-electron chi connectivity index (χ0n) is 10.9. The van der Waals surface area contributed by atoms with Gasteiger partial charge in [-0.1, -0.05) is 6.92 Å². The second-order valence-electron chi connectivity index (χ2n) is 4.55. The van der Waals surface area contributed by atoms with Crippen molar-refractivity contribution in [2.24, 2.45) is 0 Å². The van der Waals surface area contributed by atoms with E-state index in [1.54, 1.807) is 12.1 Å². The molecule has 100 valence electrons. The maximum Gasteiger partial charge on any atom is 0.142 e. The molecule has 0 unspecified atom stereocenters. The van der Waals surface area contributed by atoms with Crippen LogP contribution >= 0.6 is 0 Å². The van der Waals surface area contributed by atoms with Crippen LogP contribution in [0.4, 0.5) is 10.1 Å². The SMILES string of the molecule is CCCOc1ccc(F)cc1N1CCCNCC1. The molecule has 0 aliphatic carbocycles. The maximum absolute atomic E-state index is 13.4. The fraction of sp³-hybridized carbons (Fsp3) is 0.571. The number of rotatable bonds is 4. The normalized spacial score (nSPS) is 16.4. The molecule has 0 aromatic heterocycles. The van der Waals surface area contributed by atoms with Gasteiger partial charge in [-0.05, 0) is 31.5 Å². The summed E-state index contributed by atoms with van der Waals surface area (Å²) in [6.45, 7) is 6.54. The highest BCUT2D eigenvalue weighted by molar-refractivity contribution is 5.58. The molecule has 1 aliphatic heterocycles. The van der Waals surface area contributed by atoms with Crippen molar-refractivity contribution in [1.29, 1.82) is 0 Å². The smallest absolute Gasteiger partial charge is 0.142 e. The Labute approximate surface area is 108 Å². The van der Waals surface area contributed by atoms with Gasteiger partial charge in [0.2, 0.25) is 0 Å². The van der Waals surface area contributed by atoms with Crippen molar-refractivity contribution < 1.29 is 9.13 Å². The summed E-state index contributed by atoms with van der Waals surface area (Å²) in [5.74, 6) is 0.589. The van der Waals surface area contributed by atoms with Gasteiger partial charge in [-0.25, -0.2) is 4.39 Å². The largest absolute Gasteiger partial charge is 0.491 e. The van der Waals surface area contributed by atoms with E-state index in [2.05, 4.69) is 17.1 Å². The molecule has 0 radical (unpaired) electrons. The number of benzene rings is 1. The van der Waals surface area contributed by atoms with Crippen LogP contribution in [-0.4, -0.2) is 32.8 Å². The first-order valence-corrected chi connectivity index (χ1v) is 6.69. The Kier molecular flexibility index (Phi) is 4.81. The molecule has 1 aliphatic rings. The Balaban J connectivity index is 2.19. The van der Waals surface area contributed by atoms with Crippen LogP contribution in [0.3, 0.4) is 0 Å². The van der Waals surface area contributed by atoms with E-state index in [-0.39, 0.29) is 5.82 Å². The average Bonchev–Trinajstić information content (AvgIpc) is 2.66. The first kappa shape index (κ1) is 13.1. The van der Waals surface area contributed by atoms with E-state index in [4.69, 9.17) is 4.74 Å². The quantitative estimate of drug-likeness (QED) is 0.890. The van der Waals surface area contributed by atoms with Crippen LogP contribution in [0.2, 0.25) is 0 Å². The third-order valence-electron chi connectivity index (χ3n) is 3.06. The molecule has 0 amide bonds. The third-order valence-corrected chi connectivity index (χ3v) is 3.06. The van der Waals surface area contributed by atoms with Crippen LogP contribution in [0, 0.1) is 5.82 Å². The highest BCUT2D eigenvalue weighted by Crippen LogP contribution is 2.29. The molecule has 0 atom stereocenters. The molecule has 1 saturated heterocycles. The minimum absolute atomic E-state index is 0.203. The highest BCUT2D eigenvalue weighted by Gasteiger charge is 2.15. The predicted molar refractivity (Wildman–Crippen MR) is 71.9 cm³/mol. The summed E-state index contributed by atoms with van der Waals surface area (Å²) in [5, 5.41) is 3.35. The number of hydrogen-bond acceptors (Lipinski definition) is 3. The molecular formula is C14H21FN2O. The number of nitrogens with one attached hydrogen (secondary N) is 1. The fourth-order valence-corrected chi connectivity index (χ4v) is 2.16. The van der Waals surface area contributed by atoms with Gasteiger partial charge in [0.25, 0.3) is 0 Å². The lowest BCUT2D eigenvalue weighted by Crippen LogP contribution is -2.28. The van der Waals surface area contributed by atoms with E-state index >= 15 is 0 Å². The van der Waals surface area contributed by atoms with Crippen molar-refractivity contribution >= 4 is 5.69 Å². The Morgan fingerprint density at radius 3 is 3.06 bits per heavy atom. The van der Waals surface area contributed by atoms with Crippen molar-refractivity contribution in [3.63, 3.8) is 0 Å². The molecule has 1 fully saturated rings. The van der Waals surface area contributed by atoms with Crippen molar-refractivity contribution in [2.75, 3.05) is 37.7 Å². The second kappa shape index (κ2) is 6.59. The van der Waals surface area contributed by atoms with Gasteiger partial charge in [-0.3, -0.25) is 0 Å². The fourth-order valence-electron chi connectivity index (χ4n) is 2.16. The molecule has 1 heterocycles. The summed E-state index contributed by atoms with van der Waals surface area (Å²) in [4.78, 5) is 2.20. The number of halogens is 1. The number of ether oxygens (including phenoxy) is 1. The van der Waals surface area contributed by atoms with E-state index in [1.165, 1.54) is 6.07 Å². The molecule has 0 bridgehead atoms. The van der Waals surface area contributed by atoms with Gasteiger partial charge >= 0.3 is 0 Å². The van der Waals surface area contributed by atoms with E-state index in [0.29, 0.717) is 6.61 Å². The first-order valence-electron chi connectivity index (χ1n) is 6.69. The number of anilines is 1. The summed E-state index contributed by atoms with van der Waals surface area (Å²) in [6, 6.07) is 4.78. The van der Waals surface area contributed by atoms with E-state index < -0.39 is 0 Å². The van der Waals surface area contributed by atoms with Crippen molar-refractivity contribution in [3.05, 3.63) is 24.0 Å². The summed E-state index contributed by atoms with van der Waals surface area (Å²) in [6.07, 6.45) is 2.03. The van der Waals surface area contributed by atoms with Crippen LogP contribution < -0.4 is 15.0 Å². The Morgan fingerprint density at radius 1 is 1.33 bits per heavy atom. The molecule has 18 heavy (non-hydrogen) atoms. The van der Waals surface area contributed by atoms with Crippen LogP contribution in [0.1, 0.15) is 19.8 Å². The number of hydrogen-bond donors (Lipinski definition) is 1. The summed E-state index contributed by atoms with van der Waals surface area (Å²) < 4.78 is 19.1. The average molecular weight is 252 g/mol. The Hall–Kier alpha value is -1.29. The predicted octanol–water partition coefficient (Wildman–Crippen LogP) is 2.41. The van der Waals surface area contributed by atoms with Crippen molar-refractivity contribution in [3.8, 4) is 5.75 Å².